The summed E-state index contributed by atoms with van der Waals surface area (Å²) in [5.74, 6) is -0.419. The molecule has 27 heavy (non-hydrogen) atoms. The highest BCUT2D eigenvalue weighted by atomic mass is 16.5. The van der Waals surface area contributed by atoms with Crippen molar-refractivity contribution in [3.63, 3.8) is 0 Å². The van der Waals surface area contributed by atoms with Gasteiger partial charge >= 0.3 is 5.97 Å². The lowest BCUT2D eigenvalue weighted by Gasteiger charge is -2.11. The average molecular weight is 378 g/mol. The number of carboxylic acid groups (broad SMARTS) is 1. The van der Waals surface area contributed by atoms with Crippen molar-refractivity contribution in [2.75, 3.05) is 6.61 Å². The van der Waals surface area contributed by atoms with Gasteiger partial charge in [0.15, 0.2) is 11.4 Å². The highest BCUT2D eigenvalue weighted by Crippen LogP contribution is 2.18. The summed E-state index contributed by atoms with van der Waals surface area (Å²) in [6, 6.07) is 3.50. The van der Waals surface area contributed by atoms with E-state index in [9.17, 15) is 10.0 Å². The van der Waals surface area contributed by atoms with Crippen molar-refractivity contribution in [3.05, 3.63) is 34.8 Å². The van der Waals surface area contributed by atoms with Crippen LogP contribution in [0.15, 0.2) is 18.2 Å². The molecule has 0 aromatic carbocycles. The predicted molar refractivity (Wildman–Crippen MR) is 109 cm³/mol. The lowest BCUT2D eigenvalue weighted by molar-refractivity contribution is -0.614. The third-order valence-corrected chi connectivity index (χ3v) is 4.59. The molecule has 1 N–H and O–H groups in total. The monoisotopic (exact) mass is 377 g/mol. The van der Waals surface area contributed by atoms with Gasteiger partial charge in [-0.05, 0) is 12.5 Å². The first-order valence-electron chi connectivity index (χ1n) is 10.3. The maximum atomic E-state index is 12.2. The molecule has 0 aliphatic carbocycles. The van der Waals surface area contributed by atoms with Gasteiger partial charge in [0, 0.05) is 19.1 Å². The normalized spacial score (nSPS) is 11.2. The van der Waals surface area contributed by atoms with Gasteiger partial charge in [-0.15, -0.1) is 0 Å². The summed E-state index contributed by atoms with van der Waals surface area (Å²) in [7, 11) is 0. The summed E-state index contributed by atoms with van der Waals surface area (Å²) in [5.41, 5.74) is 0.916. The SMILES string of the molecule is CCCCCCCCCCCCOc1ccc(C)[n+]([O-])c1C=CCC(=O)O. The number of carboxylic acids is 1. The number of hydrogen-bond donors (Lipinski definition) is 1. The minimum absolute atomic E-state index is 0.119. The van der Waals surface area contributed by atoms with Crippen molar-refractivity contribution in [2.45, 2.75) is 84.5 Å². The molecule has 1 rings (SSSR count). The molecule has 0 aliphatic heterocycles. The van der Waals surface area contributed by atoms with Gasteiger partial charge in [0.05, 0.1) is 13.0 Å². The highest BCUT2D eigenvalue weighted by Gasteiger charge is 2.13. The summed E-state index contributed by atoms with van der Waals surface area (Å²) in [6.45, 7) is 4.53. The van der Waals surface area contributed by atoms with E-state index in [-0.39, 0.29) is 6.42 Å². The lowest BCUT2D eigenvalue weighted by atomic mass is 10.1. The van der Waals surface area contributed by atoms with E-state index in [4.69, 9.17) is 9.84 Å². The zero-order chi connectivity index (χ0) is 19.9. The summed E-state index contributed by atoms with van der Waals surface area (Å²) in [6.07, 6.45) is 15.5. The zero-order valence-corrected chi connectivity index (χ0v) is 16.9. The number of pyridine rings is 1. The molecule has 0 spiro atoms. The van der Waals surface area contributed by atoms with Gasteiger partial charge in [-0.3, -0.25) is 4.79 Å². The molecule has 5 nitrogen and oxygen atoms in total. The van der Waals surface area contributed by atoms with E-state index in [2.05, 4.69) is 6.92 Å². The Bertz CT molecular complexity index is 584. The Morgan fingerprint density at radius 1 is 1.07 bits per heavy atom. The standard InChI is InChI=1S/C22H35NO4/c1-3-4-5-6-7-8-9-10-11-12-18-27-21-17-16-19(2)23(26)20(21)14-13-15-22(24)25/h13-14,16-17H,3-12,15,18H2,1-2H3,(H,24,25). The third-order valence-electron chi connectivity index (χ3n) is 4.59. The van der Waals surface area contributed by atoms with Crippen LogP contribution in [0, 0.1) is 12.1 Å². The molecule has 5 heteroatoms. The topological polar surface area (TPSA) is 73.5 Å². The molecule has 0 unspecified atom stereocenters. The van der Waals surface area contributed by atoms with Gasteiger partial charge in [-0.1, -0.05) is 70.8 Å². The van der Waals surface area contributed by atoms with Gasteiger partial charge in [0.2, 0.25) is 0 Å². The lowest BCUT2D eigenvalue weighted by Crippen LogP contribution is -2.34. The molecule has 0 fully saturated rings. The summed E-state index contributed by atoms with van der Waals surface area (Å²) in [4.78, 5) is 10.6. The van der Waals surface area contributed by atoms with E-state index in [1.54, 1.807) is 19.1 Å². The van der Waals surface area contributed by atoms with Crippen LogP contribution in [-0.4, -0.2) is 17.7 Å². The number of aryl methyl sites for hydroxylation is 1. The van der Waals surface area contributed by atoms with Crippen molar-refractivity contribution in [3.8, 4) is 5.75 Å². The van der Waals surface area contributed by atoms with E-state index in [0.29, 0.717) is 23.7 Å². The number of unbranched alkanes of at least 4 members (excludes halogenated alkanes) is 9. The first-order chi connectivity index (χ1) is 13.1. The second-order valence-corrected chi connectivity index (χ2v) is 7.05. The van der Waals surface area contributed by atoms with Crippen LogP contribution in [0.5, 0.6) is 5.75 Å². The number of ether oxygens (including phenoxy) is 1. The van der Waals surface area contributed by atoms with Crippen LogP contribution in [0.3, 0.4) is 0 Å². The molecule has 0 radical (unpaired) electrons. The Balaban J connectivity index is 2.30. The number of rotatable bonds is 15. The van der Waals surface area contributed by atoms with Crippen molar-refractivity contribution in [1.82, 2.24) is 0 Å². The quantitative estimate of drug-likeness (QED) is 0.252. The van der Waals surface area contributed by atoms with Gasteiger partial charge in [0.1, 0.15) is 0 Å². The molecule has 0 amide bonds. The van der Waals surface area contributed by atoms with Crippen molar-refractivity contribution in [1.29, 1.82) is 0 Å². The zero-order valence-electron chi connectivity index (χ0n) is 16.9. The fraction of sp³-hybridized carbons (Fsp3) is 0.636. The van der Waals surface area contributed by atoms with Gasteiger partial charge in [-0.2, -0.15) is 4.73 Å². The number of nitrogens with zero attached hydrogens (tertiary/aromatic N) is 1. The second-order valence-electron chi connectivity index (χ2n) is 7.05. The minimum atomic E-state index is -0.927. The molecule has 1 aromatic rings. The van der Waals surface area contributed by atoms with E-state index >= 15 is 0 Å². The Labute approximate surface area is 163 Å². The van der Waals surface area contributed by atoms with Gasteiger partial charge in [-0.25, -0.2) is 0 Å². The molecule has 1 aromatic heterocycles. The fourth-order valence-electron chi connectivity index (χ4n) is 2.95. The molecule has 152 valence electrons. The smallest absolute Gasteiger partial charge is 0.307 e. The highest BCUT2D eigenvalue weighted by molar-refractivity contribution is 5.70. The van der Waals surface area contributed by atoms with Crippen molar-refractivity contribution >= 4 is 12.0 Å². The van der Waals surface area contributed by atoms with Crippen LogP contribution in [0.2, 0.25) is 0 Å². The van der Waals surface area contributed by atoms with Gasteiger partial charge < -0.3 is 15.1 Å². The predicted octanol–water partition coefficient (Wildman–Crippen LogP) is 5.42. The first-order valence-corrected chi connectivity index (χ1v) is 10.3. The molecule has 0 saturated carbocycles. The van der Waals surface area contributed by atoms with Crippen LogP contribution in [0.4, 0.5) is 0 Å². The van der Waals surface area contributed by atoms with Crippen molar-refractivity contribution in [2.24, 2.45) is 0 Å². The van der Waals surface area contributed by atoms with Crippen LogP contribution in [0.25, 0.3) is 6.08 Å². The molecular weight excluding hydrogens is 342 g/mol. The molecule has 0 atom stereocenters. The van der Waals surface area contributed by atoms with E-state index in [1.807, 2.05) is 0 Å². The number of carbonyl (C=O) groups is 1. The average Bonchev–Trinajstić information content (AvgIpc) is 2.64. The molecular formula is C22H35NO4. The maximum Gasteiger partial charge on any atom is 0.307 e. The maximum absolute atomic E-state index is 12.2. The number of hydrogen-bond acceptors (Lipinski definition) is 3. The summed E-state index contributed by atoms with van der Waals surface area (Å²) >= 11 is 0. The Morgan fingerprint density at radius 3 is 2.26 bits per heavy atom. The largest absolute Gasteiger partial charge is 0.618 e. The van der Waals surface area contributed by atoms with Crippen LogP contribution in [-0.2, 0) is 4.79 Å². The van der Waals surface area contributed by atoms with Gasteiger partial charge in [0.25, 0.3) is 5.69 Å². The molecule has 0 aliphatic rings. The van der Waals surface area contributed by atoms with E-state index in [0.717, 1.165) is 17.6 Å². The molecule has 0 saturated heterocycles. The second kappa shape index (κ2) is 14.1. The fourth-order valence-corrected chi connectivity index (χ4v) is 2.95. The Kier molecular flexibility index (Phi) is 12.0. The summed E-state index contributed by atoms with van der Waals surface area (Å²) in [5, 5.41) is 20.9. The Hall–Kier alpha value is -2.04. The summed E-state index contributed by atoms with van der Waals surface area (Å²) < 4.78 is 6.57. The van der Waals surface area contributed by atoms with Crippen LogP contribution >= 0.6 is 0 Å². The van der Waals surface area contributed by atoms with E-state index < -0.39 is 5.97 Å². The van der Waals surface area contributed by atoms with E-state index in [1.165, 1.54) is 63.5 Å². The number of aliphatic carboxylic acids is 1. The van der Waals surface area contributed by atoms with Crippen LogP contribution in [0.1, 0.15) is 88.9 Å². The molecule has 1 heterocycles. The van der Waals surface area contributed by atoms with Crippen LogP contribution < -0.4 is 9.47 Å². The third kappa shape index (κ3) is 10.0. The Morgan fingerprint density at radius 2 is 1.67 bits per heavy atom. The molecule has 0 bridgehead atoms. The first kappa shape index (κ1) is 23.0. The van der Waals surface area contributed by atoms with Crippen molar-refractivity contribution < 1.29 is 19.4 Å². The number of aromatic nitrogens is 1. The minimum Gasteiger partial charge on any atom is -0.618 e.